The number of benzene rings is 1. The minimum Gasteiger partial charge on any atom is -0.481 e. The van der Waals surface area contributed by atoms with Crippen molar-refractivity contribution in [1.82, 2.24) is 9.97 Å². The lowest BCUT2D eigenvalue weighted by Crippen LogP contribution is -2.31. The molecule has 0 bridgehead atoms. The van der Waals surface area contributed by atoms with Crippen LogP contribution in [0.5, 0.6) is 0 Å². The smallest absolute Gasteiger partial charge is 0.303 e. The number of nitrogens with zero attached hydrogens (tertiary/aromatic N) is 3. The van der Waals surface area contributed by atoms with E-state index < -0.39 is 5.97 Å². The number of ether oxygens (including phenoxy) is 1. The molecule has 2 aromatic rings. The summed E-state index contributed by atoms with van der Waals surface area (Å²) in [6, 6.07) is 7.60. The van der Waals surface area contributed by atoms with Gasteiger partial charge < -0.3 is 20.1 Å². The predicted molar refractivity (Wildman–Crippen MR) is 103 cm³/mol. The molecule has 1 aromatic heterocycles. The van der Waals surface area contributed by atoms with Gasteiger partial charge >= 0.3 is 5.97 Å². The fourth-order valence-electron chi connectivity index (χ4n) is 2.80. The largest absolute Gasteiger partial charge is 0.481 e. The Morgan fingerprint density at radius 2 is 2.19 bits per heavy atom. The molecule has 138 valence electrons. The fraction of sp³-hybridized carbons (Fsp3) is 0.389. The molecular weight excluding hydrogens is 400 g/mol. The maximum absolute atomic E-state index is 10.6. The van der Waals surface area contributed by atoms with Crippen LogP contribution in [0.15, 0.2) is 34.9 Å². The van der Waals surface area contributed by atoms with Crippen molar-refractivity contribution in [2.75, 3.05) is 23.9 Å². The zero-order chi connectivity index (χ0) is 18.5. The van der Waals surface area contributed by atoms with Gasteiger partial charge in [0.05, 0.1) is 4.47 Å². The van der Waals surface area contributed by atoms with Crippen molar-refractivity contribution < 1.29 is 14.6 Å². The van der Waals surface area contributed by atoms with Crippen LogP contribution in [0.4, 0.5) is 17.5 Å². The number of carbonyl (C=O) groups is 1. The van der Waals surface area contributed by atoms with Crippen molar-refractivity contribution in [3.8, 4) is 0 Å². The fourth-order valence-corrected chi connectivity index (χ4v) is 3.27. The van der Waals surface area contributed by atoms with E-state index in [-0.39, 0.29) is 12.6 Å². The van der Waals surface area contributed by atoms with Crippen molar-refractivity contribution in [2.24, 2.45) is 0 Å². The minimum absolute atomic E-state index is 0.0302. The lowest BCUT2D eigenvalue weighted by Gasteiger charge is -2.25. The maximum Gasteiger partial charge on any atom is 0.303 e. The van der Waals surface area contributed by atoms with E-state index in [0.29, 0.717) is 12.4 Å². The van der Waals surface area contributed by atoms with Gasteiger partial charge in [0, 0.05) is 32.0 Å². The number of halogens is 1. The van der Waals surface area contributed by atoms with Crippen LogP contribution in [0.25, 0.3) is 0 Å². The molecule has 1 fully saturated rings. The average Bonchev–Trinajstić information content (AvgIpc) is 3.17. The molecule has 3 rings (SSSR count). The lowest BCUT2D eigenvalue weighted by atomic mass is 10.1. The van der Waals surface area contributed by atoms with Crippen molar-refractivity contribution in [3.05, 3.63) is 40.5 Å². The Kier molecular flexibility index (Phi) is 6.05. The molecule has 2 N–H and O–H groups in total. The molecule has 26 heavy (non-hydrogen) atoms. The Labute approximate surface area is 160 Å². The highest BCUT2D eigenvalue weighted by atomic mass is 79.9. The third-order valence-electron chi connectivity index (χ3n) is 4.23. The molecule has 1 saturated heterocycles. The van der Waals surface area contributed by atoms with E-state index in [0.717, 1.165) is 41.0 Å². The van der Waals surface area contributed by atoms with Crippen LogP contribution >= 0.6 is 15.9 Å². The minimum atomic E-state index is -0.793. The Balaban J connectivity index is 1.69. The molecule has 2 heterocycles. The summed E-state index contributed by atoms with van der Waals surface area (Å²) in [4.78, 5) is 21.6. The van der Waals surface area contributed by atoms with Crippen LogP contribution in [0, 0.1) is 0 Å². The third-order valence-corrected chi connectivity index (χ3v) is 4.79. The molecule has 1 aromatic carbocycles. The van der Waals surface area contributed by atoms with Gasteiger partial charge in [-0.05, 0) is 52.9 Å². The zero-order valence-electron chi connectivity index (χ0n) is 14.5. The summed E-state index contributed by atoms with van der Waals surface area (Å²) in [5, 5.41) is 11.9. The van der Waals surface area contributed by atoms with Gasteiger partial charge in [0.2, 0.25) is 5.95 Å². The summed E-state index contributed by atoms with van der Waals surface area (Å²) in [6.07, 6.45) is 4.42. The molecule has 1 aliphatic rings. The first-order valence-corrected chi connectivity index (χ1v) is 9.27. The molecule has 1 atom stereocenters. The van der Waals surface area contributed by atoms with Crippen LogP contribution in [0.2, 0.25) is 0 Å². The highest BCUT2D eigenvalue weighted by Gasteiger charge is 2.23. The summed E-state index contributed by atoms with van der Waals surface area (Å²) in [5.41, 5.74) is 1.82. The predicted octanol–water partition coefficient (Wildman–Crippen LogP) is 3.57. The van der Waals surface area contributed by atoms with Gasteiger partial charge in [-0.25, -0.2) is 4.98 Å². The number of nitrogens with one attached hydrogen (secondary N) is 1. The van der Waals surface area contributed by atoms with Gasteiger partial charge in [0.1, 0.15) is 12.0 Å². The van der Waals surface area contributed by atoms with E-state index in [1.54, 1.807) is 6.20 Å². The topological polar surface area (TPSA) is 87.6 Å². The van der Waals surface area contributed by atoms with Crippen LogP contribution < -0.4 is 10.2 Å². The van der Waals surface area contributed by atoms with Gasteiger partial charge in [-0.3, -0.25) is 4.79 Å². The van der Waals surface area contributed by atoms with Gasteiger partial charge in [0.15, 0.2) is 0 Å². The number of aromatic nitrogens is 2. The number of hydrogen-bond donors (Lipinski definition) is 2. The van der Waals surface area contributed by atoms with Gasteiger partial charge in [0.25, 0.3) is 0 Å². The third kappa shape index (κ3) is 4.70. The number of anilines is 3. The van der Waals surface area contributed by atoms with Crippen LogP contribution in [0.1, 0.15) is 24.8 Å². The number of aryl methyl sites for hydroxylation is 1. The molecule has 0 amide bonds. The molecule has 0 aliphatic carbocycles. The Hall–Kier alpha value is -2.19. The molecule has 1 unspecified atom stereocenters. The number of aliphatic carboxylic acids is 1. The summed E-state index contributed by atoms with van der Waals surface area (Å²) in [7, 11) is 1.96. The highest BCUT2D eigenvalue weighted by molar-refractivity contribution is 9.10. The monoisotopic (exact) mass is 420 g/mol. The molecule has 0 spiro atoms. The summed E-state index contributed by atoms with van der Waals surface area (Å²) in [5.74, 6) is 0.470. The first kappa shape index (κ1) is 18.6. The first-order chi connectivity index (χ1) is 12.5. The molecule has 0 radical (unpaired) electrons. The first-order valence-electron chi connectivity index (χ1n) is 8.47. The zero-order valence-corrected chi connectivity index (χ0v) is 16.1. The maximum atomic E-state index is 10.6. The number of carboxylic acid groups (broad SMARTS) is 1. The van der Waals surface area contributed by atoms with Crippen LogP contribution in [-0.2, 0) is 16.0 Å². The second-order valence-corrected chi connectivity index (χ2v) is 7.01. The number of hydrogen-bond acceptors (Lipinski definition) is 6. The van der Waals surface area contributed by atoms with E-state index in [1.165, 1.54) is 0 Å². The molecule has 7 nitrogen and oxygen atoms in total. The normalized spacial score (nSPS) is 16.5. The Morgan fingerprint density at radius 1 is 1.42 bits per heavy atom. The van der Waals surface area contributed by atoms with Crippen LogP contribution in [0.3, 0.4) is 0 Å². The second kappa shape index (κ2) is 8.46. The van der Waals surface area contributed by atoms with Crippen molar-refractivity contribution in [1.29, 1.82) is 0 Å². The summed E-state index contributed by atoms with van der Waals surface area (Å²) < 4.78 is 6.53. The standard InChI is InChI=1S/C18H21BrN4O3/c1-23(15-3-2-10-26-15)17-14(19)11-20-18(22-17)21-13-7-4-12(5-8-13)6-9-16(24)25/h4-5,7-8,11,15H,2-3,6,9-10H2,1H3,(H,24,25)(H,20,21,22). The average molecular weight is 421 g/mol. The summed E-state index contributed by atoms with van der Waals surface area (Å²) >= 11 is 3.50. The lowest BCUT2D eigenvalue weighted by molar-refractivity contribution is -0.136. The van der Waals surface area contributed by atoms with E-state index in [1.807, 2.05) is 36.2 Å². The van der Waals surface area contributed by atoms with Crippen LogP contribution in [-0.4, -0.2) is 40.9 Å². The number of rotatable bonds is 7. The van der Waals surface area contributed by atoms with Gasteiger partial charge in [-0.1, -0.05) is 12.1 Å². The summed E-state index contributed by atoms with van der Waals surface area (Å²) in [6.45, 7) is 0.775. The molecular formula is C18H21BrN4O3. The number of carboxylic acids is 1. The molecule has 8 heteroatoms. The highest BCUT2D eigenvalue weighted by Crippen LogP contribution is 2.28. The molecule has 0 saturated carbocycles. The van der Waals surface area contributed by atoms with Crippen molar-refractivity contribution in [2.45, 2.75) is 31.9 Å². The van der Waals surface area contributed by atoms with Gasteiger partial charge in [-0.2, -0.15) is 4.98 Å². The Bertz CT molecular complexity index is 764. The van der Waals surface area contributed by atoms with E-state index in [9.17, 15) is 4.79 Å². The van der Waals surface area contributed by atoms with E-state index in [4.69, 9.17) is 9.84 Å². The SMILES string of the molecule is CN(c1nc(Nc2ccc(CCC(=O)O)cc2)ncc1Br)C1CCCO1. The van der Waals surface area contributed by atoms with E-state index in [2.05, 4.69) is 31.2 Å². The van der Waals surface area contributed by atoms with Gasteiger partial charge in [-0.15, -0.1) is 0 Å². The molecule has 1 aliphatic heterocycles. The Morgan fingerprint density at radius 3 is 2.85 bits per heavy atom. The quantitative estimate of drug-likeness (QED) is 0.707. The second-order valence-electron chi connectivity index (χ2n) is 6.16. The van der Waals surface area contributed by atoms with E-state index >= 15 is 0 Å². The van der Waals surface area contributed by atoms with Crippen molar-refractivity contribution in [3.63, 3.8) is 0 Å². The van der Waals surface area contributed by atoms with Crippen molar-refractivity contribution >= 4 is 39.4 Å².